The Morgan fingerprint density at radius 2 is 1.84 bits per heavy atom. The van der Waals surface area contributed by atoms with Crippen LogP contribution in [0.1, 0.15) is 50.0 Å². The highest BCUT2D eigenvalue weighted by Gasteiger charge is 2.29. The zero-order valence-corrected chi connectivity index (χ0v) is 21.5. The zero-order valence-electron chi connectivity index (χ0n) is 21.5. The maximum atomic E-state index is 12.8. The van der Waals surface area contributed by atoms with E-state index in [1.165, 1.54) is 11.9 Å². The molecule has 0 aliphatic rings. The first-order valence-electron chi connectivity index (χ1n) is 11.8. The van der Waals surface area contributed by atoms with Crippen LogP contribution in [-0.4, -0.2) is 68.6 Å². The Morgan fingerprint density at radius 3 is 2.49 bits per heavy atom. The predicted molar refractivity (Wildman–Crippen MR) is 136 cm³/mol. The summed E-state index contributed by atoms with van der Waals surface area (Å²) in [6, 6.07) is 14.3. The summed E-state index contributed by atoms with van der Waals surface area (Å²) in [6.07, 6.45) is -1.62. The van der Waals surface area contributed by atoms with Crippen molar-refractivity contribution in [3.8, 4) is 0 Å². The van der Waals surface area contributed by atoms with Crippen LogP contribution in [0.5, 0.6) is 0 Å². The van der Waals surface area contributed by atoms with Gasteiger partial charge in [-0.2, -0.15) is 0 Å². The van der Waals surface area contributed by atoms with Gasteiger partial charge in [0.15, 0.2) is 11.5 Å². The van der Waals surface area contributed by atoms with E-state index in [0.29, 0.717) is 17.2 Å². The average Bonchev–Trinajstić information content (AvgIpc) is 3.29. The Kier molecular flexibility index (Phi) is 9.29. The average molecular weight is 514 g/mol. The molecule has 3 atom stereocenters. The molecule has 0 radical (unpaired) electrons. The van der Waals surface area contributed by atoms with E-state index in [1.807, 2.05) is 37.3 Å². The molecule has 12 nitrogen and oxygen atoms in total. The van der Waals surface area contributed by atoms with Crippen LogP contribution >= 0.6 is 0 Å². The minimum Gasteiger partial charge on any atom is -0.371 e. The Bertz CT molecular complexity index is 1200. The summed E-state index contributed by atoms with van der Waals surface area (Å²) in [6.45, 7) is 5.01. The van der Waals surface area contributed by atoms with Crippen molar-refractivity contribution >= 4 is 17.5 Å². The lowest BCUT2D eigenvalue weighted by atomic mass is 10.1. The first kappa shape index (κ1) is 28.2. The van der Waals surface area contributed by atoms with E-state index in [1.54, 1.807) is 36.4 Å². The van der Waals surface area contributed by atoms with Gasteiger partial charge in [-0.3, -0.25) is 14.0 Å². The van der Waals surface area contributed by atoms with Gasteiger partial charge in [-0.1, -0.05) is 36.4 Å². The van der Waals surface area contributed by atoms with Crippen molar-refractivity contribution in [2.45, 2.75) is 51.5 Å². The minimum absolute atomic E-state index is 0.0447. The van der Waals surface area contributed by atoms with Crippen molar-refractivity contribution in [3.63, 3.8) is 0 Å². The normalized spacial score (nSPS) is 14.5. The quantitative estimate of drug-likeness (QED) is 0.239. The number of hydrogen-bond acceptors (Lipinski definition) is 9. The van der Waals surface area contributed by atoms with Gasteiger partial charge >= 0.3 is 0 Å². The number of nitrogens with two attached hydrogens (primary N) is 2. The van der Waals surface area contributed by atoms with Gasteiger partial charge in [0, 0.05) is 0 Å². The van der Waals surface area contributed by atoms with E-state index in [2.05, 4.69) is 15.5 Å². The molecule has 0 saturated carbocycles. The number of aliphatic hydroxyl groups excluding tert-OH is 1. The van der Waals surface area contributed by atoms with Crippen molar-refractivity contribution in [1.29, 1.82) is 0 Å². The summed E-state index contributed by atoms with van der Waals surface area (Å²) < 4.78 is 13.4. The van der Waals surface area contributed by atoms with Crippen LogP contribution in [0, 0.1) is 0 Å². The lowest BCUT2D eigenvalue weighted by molar-refractivity contribution is -0.193. The van der Waals surface area contributed by atoms with Crippen LogP contribution in [0.15, 0.2) is 48.5 Å². The van der Waals surface area contributed by atoms with Crippen LogP contribution in [0.2, 0.25) is 0 Å². The van der Waals surface area contributed by atoms with Crippen molar-refractivity contribution in [3.05, 3.63) is 65.6 Å². The van der Waals surface area contributed by atoms with E-state index in [-0.39, 0.29) is 31.8 Å². The molecule has 12 heteroatoms. The Morgan fingerprint density at radius 1 is 1.14 bits per heavy atom. The Hall–Kier alpha value is -3.42. The van der Waals surface area contributed by atoms with Gasteiger partial charge in [0.1, 0.15) is 6.04 Å². The van der Waals surface area contributed by atoms with E-state index in [9.17, 15) is 14.7 Å². The second-order valence-corrected chi connectivity index (χ2v) is 9.42. The number of fused-ring (bicyclic) bond motifs is 1. The van der Waals surface area contributed by atoms with Gasteiger partial charge in [0.05, 0.1) is 37.1 Å². The van der Waals surface area contributed by atoms with Gasteiger partial charge in [-0.25, -0.2) is 4.90 Å². The molecule has 2 heterocycles. The second kappa shape index (κ2) is 12.2. The summed E-state index contributed by atoms with van der Waals surface area (Å²) in [4.78, 5) is 25.2. The van der Waals surface area contributed by atoms with Crippen molar-refractivity contribution in [2.75, 3.05) is 20.2 Å². The summed E-state index contributed by atoms with van der Waals surface area (Å²) in [7, 11) is 1.51. The molecule has 2 amide bonds. The number of primary amides is 1. The fourth-order valence-corrected chi connectivity index (χ4v) is 3.57. The lowest BCUT2D eigenvalue weighted by Crippen LogP contribution is -2.51. The molecule has 0 fully saturated rings. The molecule has 6 N–H and O–H groups in total. The van der Waals surface area contributed by atoms with Crippen LogP contribution in [0.3, 0.4) is 0 Å². The maximum absolute atomic E-state index is 12.8. The number of aliphatic hydroxyl groups is 1. The van der Waals surface area contributed by atoms with Crippen molar-refractivity contribution < 1.29 is 24.2 Å². The SMILES string of the molecule is C[C@H](OCC(NC(=O)C(C)(C)N)c1nnc2cccc(COC(O)N(C)CC(N)=O)n12)c1ccccc1. The second-order valence-electron chi connectivity index (χ2n) is 9.42. The number of carbonyl (C=O) groups excluding carboxylic acids is 2. The number of likely N-dealkylation sites (N-methyl/N-ethyl adjacent to an activating group) is 1. The first-order chi connectivity index (χ1) is 17.5. The van der Waals surface area contributed by atoms with E-state index in [0.717, 1.165) is 5.56 Å². The smallest absolute Gasteiger partial charge is 0.240 e. The third-order valence-corrected chi connectivity index (χ3v) is 5.68. The molecule has 0 spiro atoms. The van der Waals surface area contributed by atoms with Crippen LogP contribution in [0.25, 0.3) is 5.65 Å². The number of nitrogens with one attached hydrogen (secondary N) is 1. The van der Waals surface area contributed by atoms with Crippen LogP contribution in [-0.2, 0) is 25.7 Å². The maximum Gasteiger partial charge on any atom is 0.240 e. The number of carbonyl (C=O) groups is 2. The molecule has 2 unspecified atom stereocenters. The number of hydrogen-bond donors (Lipinski definition) is 4. The van der Waals surface area contributed by atoms with Crippen molar-refractivity contribution in [1.82, 2.24) is 24.8 Å². The molecule has 2 aromatic heterocycles. The third kappa shape index (κ3) is 7.54. The highest BCUT2D eigenvalue weighted by molar-refractivity contribution is 5.85. The molecule has 1 aromatic carbocycles. The fraction of sp³-hybridized carbons (Fsp3) is 0.440. The Balaban J connectivity index is 1.88. The molecule has 0 saturated heterocycles. The molecule has 0 aliphatic carbocycles. The van der Waals surface area contributed by atoms with Crippen molar-refractivity contribution in [2.24, 2.45) is 11.5 Å². The highest BCUT2D eigenvalue weighted by Crippen LogP contribution is 2.22. The number of nitrogens with zero attached hydrogens (tertiary/aromatic N) is 4. The summed E-state index contributed by atoms with van der Waals surface area (Å²) in [5.41, 5.74) is 12.2. The van der Waals surface area contributed by atoms with Gasteiger partial charge in [0.25, 0.3) is 0 Å². The highest BCUT2D eigenvalue weighted by atomic mass is 16.6. The number of pyridine rings is 1. The number of aromatic nitrogens is 3. The first-order valence-corrected chi connectivity index (χ1v) is 11.8. The fourth-order valence-electron chi connectivity index (χ4n) is 3.57. The Labute approximate surface area is 215 Å². The van der Waals surface area contributed by atoms with Crippen LogP contribution in [0.4, 0.5) is 0 Å². The lowest BCUT2D eigenvalue weighted by Gasteiger charge is -2.25. The summed E-state index contributed by atoms with van der Waals surface area (Å²) >= 11 is 0. The van der Waals surface area contributed by atoms with E-state index < -0.39 is 23.9 Å². The molecule has 37 heavy (non-hydrogen) atoms. The molecular formula is C25H35N7O5. The largest absolute Gasteiger partial charge is 0.371 e. The van der Waals surface area contributed by atoms with Gasteiger partial charge in [-0.05, 0) is 45.5 Å². The monoisotopic (exact) mass is 513 g/mol. The summed E-state index contributed by atoms with van der Waals surface area (Å²) in [5.74, 6) is -0.575. The molecule has 3 rings (SSSR count). The number of ether oxygens (including phenoxy) is 2. The van der Waals surface area contributed by atoms with Gasteiger partial charge < -0.3 is 31.4 Å². The topological polar surface area (TPSA) is 170 Å². The van der Waals surface area contributed by atoms with E-state index >= 15 is 0 Å². The van der Waals surface area contributed by atoms with E-state index in [4.69, 9.17) is 20.9 Å². The molecular weight excluding hydrogens is 478 g/mol. The van der Waals surface area contributed by atoms with Gasteiger partial charge in [0.2, 0.25) is 18.2 Å². The predicted octanol–water partition coefficient (Wildman–Crippen LogP) is 0.611. The zero-order chi connectivity index (χ0) is 27.2. The molecule has 0 bridgehead atoms. The molecule has 3 aromatic rings. The number of benzene rings is 1. The standard InChI is InChI=1S/C25H35N7O5/c1-16(17-9-6-5-7-10-17)36-15-19(28-23(34)25(2,3)27)22-30-29-21-12-8-11-18(32(21)22)14-37-24(35)31(4)13-20(26)33/h5-12,16,19,24,35H,13-15,27H2,1-4H3,(H2,26,33)(H,28,34)/t16-,19?,24?/m0/s1. The number of amides is 2. The third-order valence-electron chi connectivity index (χ3n) is 5.68. The van der Waals surface area contributed by atoms with Gasteiger partial charge in [-0.15, -0.1) is 10.2 Å². The van der Waals surface area contributed by atoms with Crippen LogP contribution < -0.4 is 16.8 Å². The molecule has 0 aliphatic heterocycles. The minimum atomic E-state index is -1.37. The summed E-state index contributed by atoms with van der Waals surface area (Å²) in [5, 5.41) is 21.8. The molecule has 200 valence electrons. The number of rotatable bonds is 13.